The fourth-order valence-electron chi connectivity index (χ4n) is 4.12. The van der Waals surface area contributed by atoms with Crippen molar-refractivity contribution in [2.45, 2.75) is 43.7 Å². The Morgan fingerprint density at radius 2 is 1.81 bits per heavy atom. The topological polar surface area (TPSA) is 79.3 Å². The number of ether oxygens (including phenoxy) is 2. The number of morpholine rings is 1. The number of carbonyl (C=O) groups excluding carboxylic acids is 1. The Hall–Kier alpha value is -2.17. The number of hydrogen-bond donors (Lipinski definition) is 1. The van der Waals surface area contributed by atoms with E-state index in [-0.39, 0.29) is 12.0 Å². The Bertz CT molecular complexity index is 740. The molecule has 0 bridgehead atoms. The van der Waals surface area contributed by atoms with Gasteiger partial charge in [0.25, 0.3) is 0 Å². The molecule has 3 heterocycles. The van der Waals surface area contributed by atoms with Crippen molar-refractivity contribution in [3.05, 3.63) is 35.9 Å². The first-order chi connectivity index (χ1) is 14.7. The van der Waals surface area contributed by atoms with E-state index in [0.717, 1.165) is 51.4 Å². The second kappa shape index (κ2) is 10.4. The molecule has 0 saturated carbocycles. The number of rotatable bonds is 4. The highest BCUT2D eigenvalue weighted by molar-refractivity contribution is 5.79. The number of halogens is 3. The van der Waals surface area contributed by atoms with Crippen LogP contribution in [-0.2, 0) is 25.5 Å². The molecule has 3 aliphatic heterocycles. The Morgan fingerprint density at radius 3 is 2.42 bits per heavy atom. The summed E-state index contributed by atoms with van der Waals surface area (Å²) in [7, 11) is 0. The second-order valence-electron chi connectivity index (χ2n) is 7.87. The molecule has 0 radical (unpaired) electrons. The van der Waals surface area contributed by atoms with Crippen LogP contribution >= 0.6 is 0 Å². The molecule has 31 heavy (non-hydrogen) atoms. The van der Waals surface area contributed by atoms with Crippen molar-refractivity contribution in [2.24, 2.45) is 0 Å². The lowest BCUT2D eigenvalue weighted by Crippen LogP contribution is -2.52. The number of carboxylic acid groups (broad SMARTS) is 1. The molecule has 1 amide bonds. The van der Waals surface area contributed by atoms with E-state index < -0.39 is 12.1 Å². The van der Waals surface area contributed by atoms with Crippen LogP contribution in [0.25, 0.3) is 0 Å². The first kappa shape index (κ1) is 23.5. The van der Waals surface area contributed by atoms with E-state index in [0.29, 0.717) is 18.6 Å². The van der Waals surface area contributed by atoms with Crippen molar-refractivity contribution in [3.63, 3.8) is 0 Å². The second-order valence-corrected chi connectivity index (χ2v) is 7.87. The zero-order valence-electron chi connectivity index (χ0n) is 17.1. The van der Waals surface area contributed by atoms with E-state index >= 15 is 0 Å². The summed E-state index contributed by atoms with van der Waals surface area (Å²) in [6.45, 7) is 5.08. The van der Waals surface area contributed by atoms with Gasteiger partial charge in [0.1, 0.15) is 0 Å². The van der Waals surface area contributed by atoms with Gasteiger partial charge < -0.3 is 19.5 Å². The van der Waals surface area contributed by atoms with Gasteiger partial charge in [0.05, 0.1) is 31.3 Å². The summed E-state index contributed by atoms with van der Waals surface area (Å²) >= 11 is 0. The van der Waals surface area contributed by atoms with Gasteiger partial charge in [-0.25, -0.2) is 4.79 Å². The monoisotopic (exact) mass is 444 g/mol. The number of aliphatic carboxylic acids is 1. The van der Waals surface area contributed by atoms with Crippen LogP contribution in [0.4, 0.5) is 13.2 Å². The number of alkyl halides is 3. The summed E-state index contributed by atoms with van der Waals surface area (Å²) < 4.78 is 43.5. The van der Waals surface area contributed by atoms with Gasteiger partial charge >= 0.3 is 12.1 Å². The van der Waals surface area contributed by atoms with Crippen LogP contribution in [0.1, 0.15) is 18.4 Å². The van der Waals surface area contributed by atoms with Gasteiger partial charge in [0.2, 0.25) is 5.91 Å². The summed E-state index contributed by atoms with van der Waals surface area (Å²) in [5, 5.41) is 7.12. The van der Waals surface area contributed by atoms with Crippen molar-refractivity contribution in [3.8, 4) is 0 Å². The molecular weight excluding hydrogens is 417 g/mol. The van der Waals surface area contributed by atoms with Gasteiger partial charge in [-0.3, -0.25) is 9.69 Å². The van der Waals surface area contributed by atoms with E-state index in [9.17, 15) is 18.0 Å². The van der Waals surface area contributed by atoms with E-state index in [1.165, 1.54) is 6.42 Å². The lowest BCUT2D eigenvalue weighted by atomic mass is 10.1. The van der Waals surface area contributed by atoms with Crippen LogP contribution in [0.15, 0.2) is 30.3 Å². The van der Waals surface area contributed by atoms with Gasteiger partial charge in [-0.2, -0.15) is 13.2 Å². The molecule has 3 atom stereocenters. The summed E-state index contributed by atoms with van der Waals surface area (Å²) in [6.07, 6.45) is -1.76. The molecule has 0 aliphatic carbocycles. The lowest BCUT2D eigenvalue weighted by Gasteiger charge is -2.37. The quantitative estimate of drug-likeness (QED) is 0.765. The maximum Gasteiger partial charge on any atom is 0.490 e. The van der Waals surface area contributed by atoms with E-state index in [2.05, 4.69) is 4.90 Å². The molecule has 3 saturated heterocycles. The molecule has 10 heteroatoms. The van der Waals surface area contributed by atoms with Crippen molar-refractivity contribution in [2.75, 3.05) is 39.4 Å². The van der Waals surface area contributed by atoms with Gasteiger partial charge in [-0.15, -0.1) is 0 Å². The molecule has 172 valence electrons. The van der Waals surface area contributed by atoms with Crippen molar-refractivity contribution in [1.82, 2.24) is 9.80 Å². The zero-order valence-corrected chi connectivity index (χ0v) is 17.1. The smallest absolute Gasteiger partial charge is 0.475 e. The Kier molecular flexibility index (Phi) is 7.90. The predicted octanol–water partition coefficient (Wildman–Crippen LogP) is 1.95. The van der Waals surface area contributed by atoms with E-state index in [4.69, 9.17) is 19.4 Å². The first-order valence-electron chi connectivity index (χ1n) is 10.3. The maximum atomic E-state index is 12.6. The highest BCUT2D eigenvalue weighted by Gasteiger charge is 2.42. The molecule has 0 spiro atoms. The molecule has 1 N–H and O–H groups in total. The number of carboxylic acids is 1. The third-order valence-electron chi connectivity index (χ3n) is 5.67. The van der Waals surface area contributed by atoms with Crippen molar-refractivity contribution >= 4 is 11.9 Å². The molecule has 1 unspecified atom stereocenters. The Balaban J connectivity index is 0.000000339. The van der Waals surface area contributed by atoms with Crippen LogP contribution in [0.5, 0.6) is 0 Å². The van der Waals surface area contributed by atoms with Crippen LogP contribution < -0.4 is 0 Å². The van der Waals surface area contributed by atoms with Crippen molar-refractivity contribution < 1.29 is 37.3 Å². The third-order valence-corrected chi connectivity index (χ3v) is 5.67. The van der Waals surface area contributed by atoms with Crippen molar-refractivity contribution in [1.29, 1.82) is 0 Å². The minimum Gasteiger partial charge on any atom is -0.475 e. The molecule has 7 nitrogen and oxygen atoms in total. The van der Waals surface area contributed by atoms with Crippen LogP contribution in [-0.4, -0.2) is 90.6 Å². The molecular formula is C21H27F3N2O5. The molecule has 4 rings (SSSR count). The third kappa shape index (κ3) is 6.65. The number of fused-ring (bicyclic) bond motifs is 1. The first-order valence-corrected chi connectivity index (χ1v) is 10.3. The largest absolute Gasteiger partial charge is 0.490 e. The van der Waals surface area contributed by atoms with Gasteiger partial charge in [-0.1, -0.05) is 30.3 Å². The van der Waals surface area contributed by atoms with Gasteiger partial charge in [0, 0.05) is 32.8 Å². The van der Waals surface area contributed by atoms with E-state index in [1.54, 1.807) is 0 Å². The molecule has 3 fully saturated rings. The lowest BCUT2D eigenvalue weighted by molar-refractivity contribution is -0.192. The number of hydrogen-bond acceptors (Lipinski definition) is 5. The molecule has 0 aromatic heterocycles. The summed E-state index contributed by atoms with van der Waals surface area (Å²) in [5.74, 6) is -2.55. The summed E-state index contributed by atoms with van der Waals surface area (Å²) in [4.78, 5) is 26.0. The fourth-order valence-corrected chi connectivity index (χ4v) is 4.12. The highest BCUT2D eigenvalue weighted by Crippen LogP contribution is 2.25. The van der Waals surface area contributed by atoms with Crippen LogP contribution in [0.2, 0.25) is 0 Å². The number of amides is 1. The van der Waals surface area contributed by atoms with Crippen LogP contribution in [0, 0.1) is 0 Å². The molecule has 1 aromatic carbocycles. The number of nitrogens with zero attached hydrogens (tertiary/aromatic N) is 2. The maximum absolute atomic E-state index is 12.6. The SMILES string of the molecule is O=C(Cc1ccccc1)N1C[C@@H]2OCCN(CC3CCCO3)[C@@H]2C1.O=C(O)C(F)(F)F. The average Bonchev–Trinajstić information content (AvgIpc) is 3.39. The summed E-state index contributed by atoms with van der Waals surface area (Å²) in [6, 6.07) is 10.3. The zero-order chi connectivity index (χ0) is 22.4. The van der Waals surface area contributed by atoms with E-state index in [1.807, 2.05) is 35.2 Å². The van der Waals surface area contributed by atoms with Crippen LogP contribution in [0.3, 0.4) is 0 Å². The van der Waals surface area contributed by atoms with Gasteiger partial charge in [0.15, 0.2) is 0 Å². The average molecular weight is 444 g/mol. The number of benzene rings is 1. The number of likely N-dealkylation sites (tertiary alicyclic amines) is 1. The number of carbonyl (C=O) groups is 2. The molecule has 1 aromatic rings. The standard InChI is InChI=1S/C19H26N2O3.C2HF3O2/c22-19(11-15-5-2-1-3-6-15)21-13-17-18(14-21)24-10-8-20(17)12-16-7-4-9-23-16;3-2(4,5)1(6)7/h1-3,5-6,16-18H,4,7-14H2;(H,6,7)/t16?,17-,18+;/m1./s1. The normalized spacial score (nSPS) is 26.2. The molecule has 3 aliphatic rings. The van der Waals surface area contributed by atoms with Gasteiger partial charge in [-0.05, 0) is 18.4 Å². The minimum absolute atomic E-state index is 0.153. The fraction of sp³-hybridized carbons (Fsp3) is 0.619. The Morgan fingerprint density at radius 1 is 1.10 bits per heavy atom. The minimum atomic E-state index is -5.08. The predicted molar refractivity (Wildman–Crippen MR) is 104 cm³/mol. The Labute approximate surface area is 178 Å². The highest BCUT2D eigenvalue weighted by atomic mass is 19.4. The summed E-state index contributed by atoms with van der Waals surface area (Å²) in [5.41, 5.74) is 1.08.